The van der Waals surface area contributed by atoms with Crippen molar-refractivity contribution in [3.63, 3.8) is 0 Å². The minimum Gasteiger partial charge on any atom is -0.506 e. The molecule has 0 aromatic heterocycles. The number of phenolic OH excluding ortho intramolecular Hbond substituents is 1. The molecule has 0 atom stereocenters. The number of halogens is 1. The fourth-order valence-electron chi connectivity index (χ4n) is 1.67. The van der Waals surface area contributed by atoms with Crippen LogP contribution in [0, 0.1) is 0 Å². The van der Waals surface area contributed by atoms with Gasteiger partial charge in [-0.3, -0.25) is 0 Å². The van der Waals surface area contributed by atoms with Gasteiger partial charge in [0.25, 0.3) is 0 Å². The lowest BCUT2D eigenvalue weighted by atomic mass is 10.3. The molecule has 1 aliphatic heterocycles. The smallest absolute Gasteiger partial charge is 0.134 e. The van der Waals surface area contributed by atoms with Crippen molar-refractivity contribution in [1.82, 2.24) is 0 Å². The number of nitrogens with zero attached hydrogens (tertiary/aromatic N) is 1. The van der Waals surface area contributed by atoms with E-state index < -0.39 is 0 Å². The lowest BCUT2D eigenvalue weighted by Gasteiger charge is -2.17. The molecule has 3 heteroatoms. The number of aromatic hydroxyl groups is 1. The van der Waals surface area contributed by atoms with E-state index in [1.165, 1.54) is 12.8 Å². The molecule has 0 spiro atoms. The zero-order chi connectivity index (χ0) is 9.26. The molecule has 0 bridgehead atoms. The number of anilines is 1. The van der Waals surface area contributed by atoms with Gasteiger partial charge in [0.2, 0.25) is 0 Å². The molecule has 2 rings (SSSR count). The molecule has 1 aliphatic rings. The van der Waals surface area contributed by atoms with Crippen molar-refractivity contribution in [1.29, 1.82) is 0 Å². The van der Waals surface area contributed by atoms with Gasteiger partial charge in [0.15, 0.2) is 0 Å². The van der Waals surface area contributed by atoms with Crippen LogP contribution in [0.5, 0.6) is 5.75 Å². The summed E-state index contributed by atoms with van der Waals surface area (Å²) < 4.78 is 0. The van der Waals surface area contributed by atoms with E-state index >= 15 is 0 Å². The summed E-state index contributed by atoms with van der Waals surface area (Å²) in [5.41, 5.74) is 1.11. The Kier molecular flexibility index (Phi) is 2.32. The molecule has 1 saturated heterocycles. The van der Waals surface area contributed by atoms with Crippen LogP contribution in [-0.2, 0) is 0 Å². The van der Waals surface area contributed by atoms with E-state index in [2.05, 4.69) is 4.90 Å². The fraction of sp³-hybridized carbons (Fsp3) is 0.400. The predicted molar refractivity (Wildman–Crippen MR) is 54.6 cm³/mol. The van der Waals surface area contributed by atoms with Gasteiger partial charge in [-0.1, -0.05) is 11.6 Å². The molecule has 0 saturated carbocycles. The zero-order valence-corrected chi connectivity index (χ0v) is 8.09. The highest BCUT2D eigenvalue weighted by atomic mass is 35.5. The summed E-state index contributed by atoms with van der Waals surface area (Å²) in [5.74, 6) is 0.157. The molecule has 1 N–H and O–H groups in total. The van der Waals surface area contributed by atoms with E-state index in [9.17, 15) is 5.11 Å². The van der Waals surface area contributed by atoms with E-state index in [1.54, 1.807) is 6.07 Å². The molecule has 13 heavy (non-hydrogen) atoms. The fourth-order valence-corrected chi connectivity index (χ4v) is 1.84. The predicted octanol–water partition coefficient (Wildman–Crippen LogP) is 2.65. The average molecular weight is 198 g/mol. The van der Waals surface area contributed by atoms with Crippen molar-refractivity contribution < 1.29 is 5.11 Å². The highest BCUT2D eigenvalue weighted by molar-refractivity contribution is 6.32. The number of hydrogen-bond acceptors (Lipinski definition) is 2. The number of hydrogen-bond donors (Lipinski definition) is 1. The maximum atomic E-state index is 9.24. The van der Waals surface area contributed by atoms with Gasteiger partial charge in [-0.15, -0.1) is 0 Å². The van der Waals surface area contributed by atoms with E-state index in [0.29, 0.717) is 5.02 Å². The van der Waals surface area contributed by atoms with Gasteiger partial charge in [-0.05, 0) is 31.0 Å². The van der Waals surface area contributed by atoms with Crippen molar-refractivity contribution in [3.8, 4) is 5.75 Å². The van der Waals surface area contributed by atoms with Gasteiger partial charge in [0, 0.05) is 18.8 Å². The highest BCUT2D eigenvalue weighted by Crippen LogP contribution is 2.29. The topological polar surface area (TPSA) is 23.5 Å². The second kappa shape index (κ2) is 3.46. The van der Waals surface area contributed by atoms with Crippen LogP contribution in [0.1, 0.15) is 12.8 Å². The Morgan fingerprint density at radius 1 is 1.23 bits per heavy atom. The van der Waals surface area contributed by atoms with Crippen LogP contribution in [-0.4, -0.2) is 18.2 Å². The van der Waals surface area contributed by atoms with E-state index in [-0.39, 0.29) is 5.75 Å². The van der Waals surface area contributed by atoms with Crippen LogP contribution in [0.3, 0.4) is 0 Å². The third kappa shape index (κ3) is 1.73. The molecule has 2 nitrogen and oxygen atoms in total. The Morgan fingerprint density at radius 2 is 1.92 bits per heavy atom. The summed E-state index contributed by atoms with van der Waals surface area (Å²) in [7, 11) is 0. The number of rotatable bonds is 1. The van der Waals surface area contributed by atoms with Crippen LogP contribution < -0.4 is 4.90 Å². The largest absolute Gasteiger partial charge is 0.506 e. The minimum absolute atomic E-state index is 0.157. The molecule has 1 aromatic rings. The van der Waals surface area contributed by atoms with E-state index in [1.807, 2.05) is 12.1 Å². The molecule has 1 aromatic carbocycles. The first-order chi connectivity index (χ1) is 6.27. The normalized spacial score (nSPS) is 16.5. The van der Waals surface area contributed by atoms with Crippen molar-refractivity contribution >= 4 is 17.3 Å². The Labute approximate surface area is 82.7 Å². The summed E-state index contributed by atoms with van der Waals surface area (Å²) >= 11 is 5.82. The first-order valence-corrected chi connectivity index (χ1v) is 4.88. The highest BCUT2D eigenvalue weighted by Gasteiger charge is 2.12. The molecular formula is C10H12ClNO. The van der Waals surface area contributed by atoms with Crippen LogP contribution >= 0.6 is 11.6 Å². The van der Waals surface area contributed by atoms with Crippen LogP contribution in [0.25, 0.3) is 0 Å². The van der Waals surface area contributed by atoms with Crippen molar-refractivity contribution in [2.75, 3.05) is 18.0 Å². The lowest BCUT2D eigenvalue weighted by molar-refractivity contribution is 0.475. The van der Waals surface area contributed by atoms with Crippen LogP contribution in [0.4, 0.5) is 5.69 Å². The minimum atomic E-state index is 0.157. The Bertz CT molecular complexity index is 308. The monoisotopic (exact) mass is 197 g/mol. The Balaban J connectivity index is 2.25. The van der Waals surface area contributed by atoms with Gasteiger partial charge in [0.1, 0.15) is 5.75 Å². The first kappa shape index (κ1) is 8.70. The zero-order valence-electron chi connectivity index (χ0n) is 7.33. The standard InChI is InChI=1S/C10H12ClNO/c11-9-7-8(3-4-10(9)13)12-5-1-2-6-12/h3-4,7,13H,1-2,5-6H2. The third-order valence-corrected chi connectivity index (χ3v) is 2.71. The van der Waals surface area contributed by atoms with E-state index in [4.69, 9.17) is 11.6 Å². The maximum absolute atomic E-state index is 9.24. The molecule has 0 aliphatic carbocycles. The molecule has 0 radical (unpaired) electrons. The van der Waals surface area contributed by atoms with Gasteiger partial charge >= 0.3 is 0 Å². The molecule has 1 fully saturated rings. The van der Waals surface area contributed by atoms with Gasteiger partial charge in [0.05, 0.1) is 5.02 Å². The van der Waals surface area contributed by atoms with E-state index in [0.717, 1.165) is 18.8 Å². The SMILES string of the molecule is Oc1ccc(N2CCCC2)cc1Cl. The number of phenols is 1. The van der Waals surface area contributed by atoms with Gasteiger partial charge in [-0.2, -0.15) is 0 Å². The molecule has 0 amide bonds. The van der Waals surface area contributed by atoms with Crippen LogP contribution in [0.15, 0.2) is 18.2 Å². The summed E-state index contributed by atoms with van der Waals surface area (Å²) in [6.45, 7) is 2.20. The van der Waals surface area contributed by atoms with Gasteiger partial charge in [-0.25, -0.2) is 0 Å². The summed E-state index contributed by atoms with van der Waals surface area (Å²) in [4.78, 5) is 2.28. The summed E-state index contributed by atoms with van der Waals surface area (Å²) in [5, 5.41) is 9.67. The second-order valence-corrected chi connectivity index (χ2v) is 3.74. The molecule has 0 unspecified atom stereocenters. The summed E-state index contributed by atoms with van der Waals surface area (Å²) in [6.07, 6.45) is 2.50. The number of benzene rings is 1. The van der Waals surface area contributed by atoms with Crippen LogP contribution in [0.2, 0.25) is 5.02 Å². The van der Waals surface area contributed by atoms with Gasteiger partial charge < -0.3 is 10.0 Å². The van der Waals surface area contributed by atoms with Crippen molar-refractivity contribution in [3.05, 3.63) is 23.2 Å². The third-order valence-electron chi connectivity index (χ3n) is 2.40. The Morgan fingerprint density at radius 3 is 2.54 bits per heavy atom. The molecule has 70 valence electrons. The van der Waals surface area contributed by atoms with Crippen molar-refractivity contribution in [2.24, 2.45) is 0 Å². The first-order valence-electron chi connectivity index (χ1n) is 4.51. The van der Waals surface area contributed by atoms with Crippen molar-refractivity contribution in [2.45, 2.75) is 12.8 Å². The second-order valence-electron chi connectivity index (χ2n) is 3.33. The quantitative estimate of drug-likeness (QED) is 0.748. The summed E-state index contributed by atoms with van der Waals surface area (Å²) in [6, 6.07) is 5.38. The average Bonchev–Trinajstić information content (AvgIpc) is 2.62. The molecular weight excluding hydrogens is 186 g/mol. The Hall–Kier alpha value is -0.890. The molecule has 1 heterocycles. The lowest BCUT2D eigenvalue weighted by Crippen LogP contribution is -2.17. The maximum Gasteiger partial charge on any atom is 0.134 e.